The van der Waals surface area contributed by atoms with E-state index in [1.54, 1.807) is 0 Å². The molecule has 3 heteroatoms. The van der Waals surface area contributed by atoms with E-state index in [-0.39, 0.29) is 6.10 Å². The quantitative estimate of drug-likeness (QED) is 0.797. The fourth-order valence-electron chi connectivity index (χ4n) is 1.38. The molecule has 1 aromatic carbocycles. The van der Waals surface area contributed by atoms with Crippen LogP contribution in [0.3, 0.4) is 0 Å². The molecule has 16 heavy (non-hydrogen) atoms. The molecule has 0 amide bonds. The van der Waals surface area contributed by atoms with Gasteiger partial charge in [0.1, 0.15) is 11.8 Å². The summed E-state index contributed by atoms with van der Waals surface area (Å²) in [7, 11) is 0. The van der Waals surface area contributed by atoms with Crippen LogP contribution in [0.4, 0.5) is 0 Å². The van der Waals surface area contributed by atoms with Gasteiger partial charge in [0.25, 0.3) is 0 Å². The lowest BCUT2D eigenvalue weighted by Crippen LogP contribution is -2.16. The maximum atomic E-state index is 8.86. The van der Waals surface area contributed by atoms with Gasteiger partial charge in [-0.2, -0.15) is 5.26 Å². The highest BCUT2D eigenvalue weighted by atomic mass is 16.5. The Bertz CT molecular complexity index is 357. The Morgan fingerprint density at radius 3 is 2.75 bits per heavy atom. The molecule has 0 fully saturated rings. The molecule has 0 bridgehead atoms. The van der Waals surface area contributed by atoms with Crippen molar-refractivity contribution in [2.45, 2.75) is 32.9 Å². The number of nitriles is 1. The summed E-state index contributed by atoms with van der Waals surface area (Å²) in [6.45, 7) is 5.70. The molecule has 0 aliphatic carbocycles. The van der Waals surface area contributed by atoms with E-state index in [0.717, 1.165) is 24.4 Å². The van der Waals surface area contributed by atoms with E-state index in [4.69, 9.17) is 10.00 Å². The van der Waals surface area contributed by atoms with E-state index < -0.39 is 0 Å². The van der Waals surface area contributed by atoms with Gasteiger partial charge < -0.3 is 10.1 Å². The van der Waals surface area contributed by atoms with E-state index in [1.165, 1.54) is 0 Å². The molecule has 1 unspecified atom stereocenters. The van der Waals surface area contributed by atoms with Gasteiger partial charge in [0.2, 0.25) is 0 Å². The molecule has 1 aromatic rings. The molecule has 0 spiro atoms. The Morgan fingerprint density at radius 1 is 1.38 bits per heavy atom. The minimum Gasteiger partial charge on any atom is -0.475 e. The Morgan fingerprint density at radius 2 is 2.12 bits per heavy atom. The van der Waals surface area contributed by atoms with Crippen molar-refractivity contribution in [3.8, 4) is 11.8 Å². The zero-order valence-electron chi connectivity index (χ0n) is 9.86. The first-order valence-electron chi connectivity index (χ1n) is 5.66. The molecule has 1 N–H and O–H groups in total. The average molecular weight is 218 g/mol. The molecule has 3 nitrogen and oxygen atoms in total. The summed E-state index contributed by atoms with van der Waals surface area (Å²) in [5.41, 5.74) is 1.10. The number of hydrogen-bond acceptors (Lipinski definition) is 3. The van der Waals surface area contributed by atoms with Crippen LogP contribution in [0.15, 0.2) is 24.3 Å². The Kier molecular flexibility index (Phi) is 5.38. The lowest BCUT2D eigenvalue weighted by molar-refractivity contribution is 0.249. The molecule has 1 rings (SSSR count). The van der Waals surface area contributed by atoms with Gasteiger partial charge in [-0.1, -0.05) is 32.0 Å². The lowest BCUT2D eigenvalue weighted by Gasteiger charge is -2.14. The molecular formula is C13H18N2O. The van der Waals surface area contributed by atoms with Crippen LogP contribution in [0, 0.1) is 11.3 Å². The highest BCUT2D eigenvalue weighted by Gasteiger charge is 2.08. The second-order valence-electron chi connectivity index (χ2n) is 3.53. The Balaban J connectivity index is 2.74. The van der Waals surface area contributed by atoms with Gasteiger partial charge in [-0.15, -0.1) is 0 Å². The molecule has 1 atom stereocenters. The van der Waals surface area contributed by atoms with E-state index >= 15 is 0 Å². The number of nitrogens with one attached hydrogen (secondary N) is 1. The van der Waals surface area contributed by atoms with E-state index in [0.29, 0.717) is 6.42 Å². The summed E-state index contributed by atoms with van der Waals surface area (Å²) in [5, 5.41) is 12.1. The Hall–Kier alpha value is -1.53. The molecule has 86 valence electrons. The summed E-state index contributed by atoms with van der Waals surface area (Å²) in [5.74, 6) is 0.803. The number of nitrogens with zero attached hydrogens (tertiary/aromatic N) is 1. The molecule has 0 saturated heterocycles. The SMILES string of the molecule is CCNCc1ccccc1OC(C#N)CC. The van der Waals surface area contributed by atoms with Crippen molar-refractivity contribution in [1.82, 2.24) is 5.32 Å². The van der Waals surface area contributed by atoms with Crippen LogP contribution < -0.4 is 10.1 Å². The van der Waals surface area contributed by atoms with Crippen molar-refractivity contribution in [3.05, 3.63) is 29.8 Å². The van der Waals surface area contributed by atoms with Crippen molar-refractivity contribution in [3.63, 3.8) is 0 Å². The van der Waals surface area contributed by atoms with Gasteiger partial charge in [-0.25, -0.2) is 0 Å². The largest absolute Gasteiger partial charge is 0.475 e. The predicted octanol–water partition coefficient (Wildman–Crippen LogP) is 2.48. The standard InChI is InChI=1S/C13H18N2O/c1-3-12(9-14)16-13-8-6-5-7-11(13)10-15-4-2/h5-8,12,15H,3-4,10H2,1-2H3. The summed E-state index contributed by atoms with van der Waals surface area (Å²) in [6.07, 6.45) is 0.342. The van der Waals surface area contributed by atoms with Gasteiger partial charge in [0.15, 0.2) is 6.10 Å². The number of hydrogen-bond donors (Lipinski definition) is 1. The minimum atomic E-state index is -0.359. The van der Waals surface area contributed by atoms with Crippen molar-refractivity contribution < 1.29 is 4.74 Å². The highest BCUT2D eigenvalue weighted by molar-refractivity contribution is 5.33. The maximum Gasteiger partial charge on any atom is 0.184 e. The van der Waals surface area contributed by atoms with Crippen molar-refractivity contribution in [2.75, 3.05) is 6.54 Å². The molecule has 0 aliphatic rings. The van der Waals surface area contributed by atoms with Crippen LogP contribution in [0.1, 0.15) is 25.8 Å². The fraction of sp³-hybridized carbons (Fsp3) is 0.462. The number of para-hydroxylation sites is 1. The van der Waals surface area contributed by atoms with Gasteiger partial charge in [0.05, 0.1) is 0 Å². The maximum absolute atomic E-state index is 8.86. The van der Waals surface area contributed by atoms with Crippen molar-refractivity contribution >= 4 is 0 Å². The Labute approximate surface area is 97.0 Å². The van der Waals surface area contributed by atoms with Crippen LogP contribution in [0.2, 0.25) is 0 Å². The topological polar surface area (TPSA) is 45.0 Å². The monoisotopic (exact) mass is 218 g/mol. The first-order chi connectivity index (χ1) is 7.81. The number of ether oxygens (including phenoxy) is 1. The first-order valence-corrected chi connectivity index (χ1v) is 5.66. The minimum absolute atomic E-state index is 0.359. The molecule has 0 saturated carbocycles. The van der Waals surface area contributed by atoms with E-state index in [1.807, 2.05) is 31.2 Å². The zero-order chi connectivity index (χ0) is 11.8. The third-order valence-electron chi connectivity index (χ3n) is 2.32. The lowest BCUT2D eigenvalue weighted by atomic mass is 10.2. The summed E-state index contributed by atoms with van der Waals surface area (Å²) in [4.78, 5) is 0. The summed E-state index contributed by atoms with van der Waals surface area (Å²) in [6, 6.07) is 9.97. The normalized spacial score (nSPS) is 11.8. The third-order valence-corrected chi connectivity index (χ3v) is 2.32. The van der Waals surface area contributed by atoms with Gasteiger partial charge in [0, 0.05) is 12.1 Å². The average Bonchev–Trinajstić information content (AvgIpc) is 2.34. The molecular weight excluding hydrogens is 200 g/mol. The second kappa shape index (κ2) is 6.86. The molecule has 0 aliphatic heterocycles. The zero-order valence-corrected chi connectivity index (χ0v) is 9.86. The summed E-state index contributed by atoms with van der Waals surface area (Å²) >= 11 is 0. The van der Waals surface area contributed by atoms with E-state index in [2.05, 4.69) is 18.3 Å². The fourth-order valence-corrected chi connectivity index (χ4v) is 1.38. The van der Waals surface area contributed by atoms with Crippen LogP contribution in [-0.2, 0) is 6.54 Å². The van der Waals surface area contributed by atoms with Crippen LogP contribution in [-0.4, -0.2) is 12.6 Å². The number of benzene rings is 1. The van der Waals surface area contributed by atoms with Crippen molar-refractivity contribution in [1.29, 1.82) is 5.26 Å². The van der Waals surface area contributed by atoms with Crippen LogP contribution in [0.5, 0.6) is 5.75 Å². The first kappa shape index (κ1) is 12.5. The van der Waals surface area contributed by atoms with Gasteiger partial charge >= 0.3 is 0 Å². The molecule has 0 heterocycles. The van der Waals surface area contributed by atoms with Gasteiger partial charge in [-0.3, -0.25) is 0 Å². The second-order valence-corrected chi connectivity index (χ2v) is 3.53. The molecule has 0 aromatic heterocycles. The van der Waals surface area contributed by atoms with Crippen LogP contribution in [0.25, 0.3) is 0 Å². The third kappa shape index (κ3) is 3.56. The molecule has 0 radical (unpaired) electrons. The smallest absolute Gasteiger partial charge is 0.184 e. The highest BCUT2D eigenvalue weighted by Crippen LogP contribution is 2.19. The van der Waals surface area contributed by atoms with Gasteiger partial charge in [-0.05, 0) is 19.0 Å². The number of rotatable bonds is 6. The van der Waals surface area contributed by atoms with Crippen molar-refractivity contribution in [2.24, 2.45) is 0 Å². The predicted molar refractivity (Wildman–Crippen MR) is 64.1 cm³/mol. The summed E-state index contributed by atoms with van der Waals surface area (Å²) < 4.78 is 5.64. The van der Waals surface area contributed by atoms with E-state index in [9.17, 15) is 0 Å². The van der Waals surface area contributed by atoms with Crippen LogP contribution >= 0.6 is 0 Å².